The Hall–Kier alpha value is -0.960. The topological polar surface area (TPSA) is 0 Å². The van der Waals surface area contributed by atoms with Crippen molar-refractivity contribution in [1.82, 2.24) is 0 Å². The highest BCUT2D eigenvalue weighted by Crippen LogP contribution is 2.41. The van der Waals surface area contributed by atoms with Crippen molar-refractivity contribution in [2.24, 2.45) is 17.8 Å². The third kappa shape index (κ3) is 7.84. The van der Waals surface area contributed by atoms with Crippen LogP contribution >= 0.6 is 11.6 Å². The molecule has 0 radical (unpaired) electrons. The molecule has 0 aliphatic heterocycles. The summed E-state index contributed by atoms with van der Waals surface area (Å²) in [5, 5.41) is -0.391. The maximum absolute atomic E-state index is 13.8. The van der Waals surface area contributed by atoms with Gasteiger partial charge in [-0.05, 0) is 86.3 Å². The summed E-state index contributed by atoms with van der Waals surface area (Å²) in [7, 11) is 0. The van der Waals surface area contributed by atoms with Crippen molar-refractivity contribution >= 4 is 11.6 Å². The molecule has 2 saturated carbocycles. The summed E-state index contributed by atoms with van der Waals surface area (Å²) in [5.74, 6) is 1.54. The second kappa shape index (κ2) is 12.9. The molecule has 0 bridgehead atoms. The van der Waals surface area contributed by atoms with Gasteiger partial charge in [-0.1, -0.05) is 68.7 Å². The van der Waals surface area contributed by atoms with Gasteiger partial charge in [0.1, 0.15) is 16.7 Å². The molecule has 0 spiro atoms. The fraction of sp³-hybridized carbons (Fsp3) is 0.704. The standard InChI is InChI=1S/C27H38ClF3/c28-27-25(30)18-24(19-26(27)31)23-15-13-22(14-16-23)12-11-21-9-7-20(8-10-21)6-4-2-1-3-5-17-29/h1,3,18-23H,2,4-17H2/b3-1+/t20-,21-,22?,23?. The Morgan fingerprint density at radius 2 is 1.23 bits per heavy atom. The molecule has 2 aliphatic rings. The lowest BCUT2D eigenvalue weighted by Crippen LogP contribution is -2.18. The number of halogens is 4. The predicted molar refractivity (Wildman–Crippen MR) is 124 cm³/mol. The van der Waals surface area contributed by atoms with Crippen LogP contribution in [0, 0.1) is 29.4 Å². The predicted octanol–water partition coefficient (Wildman–Crippen LogP) is 9.56. The van der Waals surface area contributed by atoms with Crippen LogP contribution in [0.4, 0.5) is 13.2 Å². The number of unbranched alkanes of at least 4 members (excludes halogenated alkanes) is 1. The number of hydrogen-bond donors (Lipinski definition) is 0. The number of allylic oxidation sites excluding steroid dienone is 2. The van der Waals surface area contributed by atoms with Crippen LogP contribution in [0.15, 0.2) is 24.3 Å². The summed E-state index contributed by atoms with van der Waals surface area (Å²) in [4.78, 5) is 0. The summed E-state index contributed by atoms with van der Waals surface area (Å²) in [6, 6.07) is 2.85. The molecule has 2 fully saturated rings. The lowest BCUT2D eigenvalue weighted by atomic mass is 9.74. The van der Waals surface area contributed by atoms with Crippen LogP contribution in [0.5, 0.6) is 0 Å². The second-order valence-electron chi connectivity index (χ2n) is 9.86. The number of alkyl halides is 1. The molecule has 1 aromatic carbocycles. The van der Waals surface area contributed by atoms with Gasteiger partial charge < -0.3 is 0 Å². The molecule has 0 unspecified atom stereocenters. The van der Waals surface area contributed by atoms with Gasteiger partial charge in [0.05, 0.1) is 6.67 Å². The molecule has 0 heterocycles. The van der Waals surface area contributed by atoms with Crippen LogP contribution in [-0.4, -0.2) is 6.67 Å². The van der Waals surface area contributed by atoms with E-state index in [4.69, 9.17) is 11.6 Å². The van der Waals surface area contributed by atoms with Crippen molar-refractivity contribution in [2.75, 3.05) is 6.67 Å². The van der Waals surface area contributed by atoms with E-state index in [9.17, 15) is 13.2 Å². The molecule has 3 rings (SSSR count). The fourth-order valence-electron chi connectivity index (χ4n) is 5.70. The highest BCUT2D eigenvalue weighted by molar-refractivity contribution is 6.30. The van der Waals surface area contributed by atoms with Gasteiger partial charge in [-0.2, -0.15) is 0 Å². The molecular formula is C27H38ClF3. The molecule has 31 heavy (non-hydrogen) atoms. The van der Waals surface area contributed by atoms with Gasteiger partial charge in [0.25, 0.3) is 0 Å². The van der Waals surface area contributed by atoms with Crippen LogP contribution in [0.2, 0.25) is 5.02 Å². The molecule has 0 atom stereocenters. The van der Waals surface area contributed by atoms with E-state index in [1.54, 1.807) is 0 Å². The minimum Gasteiger partial charge on any atom is -0.251 e. The second-order valence-corrected chi connectivity index (χ2v) is 10.2. The number of rotatable bonds is 10. The Balaban J connectivity index is 1.29. The minimum atomic E-state index is -0.636. The third-order valence-electron chi connectivity index (χ3n) is 7.70. The molecule has 0 nitrogen and oxygen atoms in total. The molecule has 0 amide bonds. The Morgan fingerprint density at radius 1 is 0.742 bits per heavy atom. The number of hydrogen-bond acceptors (Lipinski definition) is 0. The molecule has 0 aromatic heterocycles. The number of benzene rings is 1. The van der Waals surface area contributed by atoms with E-state index >= 15 is 0 Å². The average molecular weight is 455 g/mol. The first-order chi connectivity index (χ1) is 15.1. The van der Waals surface area contributed by atoms with Crippen molar-refractivity contribution in [1.29, 1.82) is 0 Å². The summed E-state index contributed by atoms with van der Waals surface area (Å²) >= 11 is 5.62. The van der Waals surface area contributed by atoms with Crippen LogP contribution < -0.4 is 0 Å². The SMILES string of the molecule is FCC/C=C/CCC[C@H]1CC[C@H](CCC2CCC(c3cc(F)c(Cl)c(F)c3)CC2)CC1. The zero-order valence-electron chi connectivity index (χ0n) is 18.7. The van der Waals surface area contributed by atoms with Crippen LogP contribution in [0.25, 0.3) is 0 Å². The first-order valence-corrected chi connectivity index (χ1v) is 12.8. The zero-order chi connectivity index (χ0) is 22.1. The van der Waals surface area contributed by atoms with Gasteiger partial charge >= 0.3 is 0 Å². The van der Waals surface area contributed by atoms with E-state index in [1.165, 1.54) is 76.3 Å². The van der Waals surface area contributed by atoms with Gasteiger partial charge in [-0.3, -0.25) is 4.39 Å². The lowest BCUT2D eigenvalue weighted by molar-refractivity contribution is 0.223. The molecule has 0 N–H and O–H groups in total. The van der Waals surface area contributed by atoms with Gasteiger partial charge in [0, 0.05) is 0 Å². The van der Waals surface area contributed by atoms with Crippen LogP contribution in [0.1, 0.15) is 101 Å². The normalized spacial score (nSPS) is 27.1. The Kier molecular flexibility index (Phi) is 10.3. The van der Waals surface area contributed by atoms with E-state index in [2.05, 4.69) is 6.08 Å². The highest BCUT2D eigenvalue weighted by atomic mass is 35.5. The summed E-state index contributed by atoms with van der Waals surface area (Å²) < 4.78 is 39.6. The monoisotopic (exact) mass is 454 g/mol. The quantitative estimate of drug-likeness (QED) is 0.187. The summed E-state index contributed by atoms with van der Waals surface area (Å²) in [5.41, 5.74) is 0.772. The van der Waals surface area contributed by atoms with Gasteiger partial charge in [0.2, 0.25) is 0 Å². The van der Waals surface area contributed by atoms with Gasteiger partial charge in [0.15, 0.2) is 0 Å². The van der Waals surface area contributed by atoms with E-state index in [0.717, 1.165) is 42.6 Å². The van der Waals surface area contributed by atoms with Crippen molar-refractivity contribution < 1.29 is 13.2 Å². The maximum Gasteiger partial charge on any atom is 0.145 e. The smallest absolute Gasteiger partial charge is 0.145 e. The lowest BCUT2D eigenvalue weighted by Gasteiger charge is -2.32. The zero-order valence-corrected chi connectivity index (χ0v) is 19.5. The molecular weight excluding hydrogens is 417 g/mol. The van der Waals surface area contributed by atoms with Crippen LogP contribution in [-0.2, 0) is 0 Å². The van der Waals surface area contributed by atoms with Gasteiger partial charge in [-0.15, -0.1) is 0 Å². The van der Waals surface area contributed by atoms with Crippen LogP contribution in [0.3, 0.4) is 0 Å². The average Bonchev–Trinajstić information content (AvgIpc) is 2.79. The first kappa shape index (κ1) is 24.7. The highest BCUT2D eigenvalue weighted by Gasteiger charge is 2.26. The molecule has 0 saturated heterocycles. The maximum atomic E-state index is 13.8. The van der Waals surface area contributed by atoms with E-state index < -0.39 is 16.7 Å². The molecule has 1 aromatic rings. The van der Waals surface area contributed by atoms with E-state index in [1.807, 2.05) is 6.08 Å². The minimum absolute atomic E-state index is 0.246. The summed E-state index contributed by atoms with van der Waals surface area (Å²) in [6.07, 6.45) is 20.9. The Labute approximate surface area is 191 Å². The van der Waals surface area contributed by atoms with Crippen molar-refractivity contribution in [2.45, 2.75) is 95.8 Å². The molecule has 174 valence electrons. The molecule has 4 heteroatoms. The van der Waals surface area contributed by atoms with E-state index in [0.29, 0.717) is 6.42 Å². The third-order valence-corrected chi connectivity index (χ3v) is 8.06. The Morgan fingerprint density at radius 3 is 1.77 bits per heavy atom. The van der Waals surface area contributed by atoms with Crippen molar-refractivity contribution in [3.8, 4) is 0 Å². The fourth-order valence-corrected chi connectivity index (χ4v) is 5.81. The first-order valence-electron chi connectivity index (χ1n) is 12.4. The van der Waals surface area contributed by atoms with Crippen molar-refractivity contribution in [3.05, 3.63) is 46.5 Å². The largest absolute Gasteiger partial charge is 0.251 e. The van der Waals surface area contributed by atoms with E-state index in [-0.39, 0.29) is 12.6 Å². The summed E-state index contributed by atoms with van der Waals surface area (Å²) in [6.45, 7) is -0.246. The van der Waals surface area contributed by atoms with Crippen molar-refractivity contribution in [3.63, 3.8) is 0 Å². The van der Waals surface area contributed by atoms with Gasteiger partial charge in [-0.25, -0.2) is 8.78 Å². The Bertz CT molecular complexity index is 663. The molecule has 2 aliphatic carbocycles.